The predicted octanol–water partition coefficient (Wildman–Crippen LogP) is 5.97. The number of halogens is 1. The first-order valence-electron chi connectivity index (χ1n) is 10.9. The van der Waals surface area contributed by atoms with Crippen LogP contribution < -0.4 is 10.0 Å². The van der Waals surface area contributed by atoms with Crippen molar-refractivity contribution in [1.82, 2.24) is 0 Å². The van der Waals surface area contributed by atoms with Gasteiger partial charge in [0.05, 0.1) is 22.2 Å². The maximum absolute atomic E-state index is 13.1. The Labute approximate surface area is 203 Å². The third-order valence-electron chi connectivity index (χ3n) is 6.59. The normalized spacial score (nSPS) is 20.8. The van der Waals surface area contributed by atoms with E-state index in [9.17, 15) is 18.3 Å². The summed E-state index contributed by atoms with van der Waals surface area (Å²) in [6, 6.07) is 17.1. The zero-order chi connectivity index (χ0) is 24.0. The molecule has 1 heterocycles. The second-order valence-corrected chi connectivity index (χ2v) is 10.8. The zero-order valence-electron chi connectivity index (χ0n) is 18.3. The largest absolute Gasteiger partial charge is 0.478 e. The maximum Gasteiger partial charge on any atom is 0.335 e. The van der Waals surface area contributed by atoms with Gasteiger partial charge in [-0.05, 0) is 78.4 Å². The minimum atomic E-state index is -3.80. The van der Waals surface area contributed by atoms with Gasteiger partial charge in [-0.2, -0.15) is 0 Å². The zero-order valence-corrected chi connectivity index (χ0v) is 19.9. The lowest BCUT2D eigenvalue weighted by Gasteiger charge is -2.37. The van der Waals surface area contributed by atoms with Crippen molar-refractivity contribution in [3.8, 4) is 0 Å². The summed E-state index contributed by atoms with van der Waals surface area (Å²) < 4.78 is 28.8. The van der Waals surface area contributed by atoms with Crippen LogP contribution in [0, 0.1) is 12.8 Å². The number of hydrogen-bond donors (Lipinski definition) is 3. The van der Waals surface area contributed by atoms with Crippen molar-refractivity contribution >= 4 is 39.0 Å². The fourth-order valence-corrected chi connectivity index (χ4v) is 6.04. The number of rotatable bonds is 5. The molecule has 174 valence electrons. The first kappa shape index (κ1) is 22.5. The van der Waals surface area contributed by atoms with Gasteiger partial charge in [-0.25, -0.2) is 13.2 Å². The second-order valence-electron chi connectivity index (χ2n) is 8.72. The summed E-state index contributed by atoms with van der Waals surface area (Å²) in [6.45, 7) is 1.86. The first-order valence-corrected chi connectivity index (χ1v) is 12.8. The quantitative estimate of drug-likeness (QED) is 0.379. The first-order chi connectivity index (χ1) is 16.2. The Hall–Kier alpha value is -3.29. The van der Waals surface area contributed by atoms with Crippen LogP contribution >= 0.6 is 11.6 Å². The van der Waals surface area contributed by atoms with E-state index in [1.165, 1.54) is 0 Å². The summed E-state index contributed by atoms with van der Waals surface area (Å²) in [5.74, 6) is -0.696. The number of allylic oxidation sites excluding steroid dienone is 2. The van der Waals surface area contributed by atoms with Gasteiger partial charge < -0.3 is 10.4 Å². The molecule has 5 rings (SSSR count). The van der Waals surface area contributed by atoms with E-state index < -0.39 is 16.0 Å². The lowest BCUT2D eigenvalue weighted by Crippen LogP contribution is -2.29. The van der Waals surface area contributed by atoms with E-state index >= 15 is 0 Å². The summed E-state index contributed by atoms with van der Waals surface area (Å²) in [7, 11) is -3.80. The van der Waals surface area contributed by atoms with Gasteiger partial charge in [-0.3, -0.25) is 4.72 Å². The summed E-state index contributed by atoms with van der Waals surface area (Å²) in [4.78, 5) is 11.4. The van der Waals surface area contributed by atoms with Crippen molar-refractivity contribution in [3.63, 3.8) is 0 Å². The highest BCUT2D eigenvalue weighted by Crippen LogP contribution is 2.50. The molecule has 0 fully saturated rings. The molecule has 8 heteroatoms. The van der Waals surface area contributed by atoms with Crippen molar-refractivity contribution in [2.75, 3.05) is 10.0 Å². The van der Waals surface area contributed by atoms with Crippen LogP contribution in [0.3, 0.4) is 0 Å². The summed E-state index contributed by atoms with van der Waals surface area (Å²) in [5, 5.41) is 13.2. The molecule has 0 radical (unpaired) electrons. The number of nitrogens with one attached hydrogen (secondary N) is 2. The highest BCUT2D eigenvalue weighted by atomic mass is 35.5. The Balaban J connectivity index is 1.46. The number of sulfonamides is 1. The fraction of sp³-hybridized carbons (Fsp3) is 0.192. The number of carboxylic acids is 1. The van der Waals surface area contributed by atoms with E-state index in [1.54, 1.807) is 48.5 Å². The number of benzene rings is 3. The molecule has 3 unspecified atom stereocenters. The Morgan fingerprint density at radius 2 is 1.85 bits per heavy atom. The minimum absolute atomic E-state index is 0.00868. The average molecular weight is 495 g/mol. The molecule has 6 nitrogen and oxygen atoms in total. The molecule has 3 aromatic carbocycles. The van der Waals surface area contributed by atoms with Crippen molar-refractivity contribution in [3.05, 3.63) is 100 Å². The molecule has 2 aliphatic rings. The minimum Gasteiger partial charge on any atom is -0.478 e. The second kappa shape index (κ2) is 8.49. The monoisotopic (exact) mass is 494 g/mol. The van der Waals surface area contributed by atoms with Gasteiger partial charge in [0.2, 0.25) is 0 Å². The third kappa shape index (κ3) is 4.06. The standard InChI is InChI=1S/C26H23ClN2O4S/c1-15-5-10-18(13-23(15)27)29-34(32,33)19-11-12-24-22(14-19)20-3-2-4-21(20)25(28-24)16-6-8-17(9-7-16)26(30)31/h2-3,5-14,20-21,25,28-29H,4H2,1H3,(H,30,31). The molecule has 34 heavy (non-hydrogen) atoms. The summed E-state index contributed by atoms with van der Waals surface area (Å²) >= 11 is 6.15. The fourth-order valence-electron chi connectivity index (χ4n) is 4.77. The van der Waals surface area contributed by atoms with Crippen molar-refractivity contribution in [2.24, 2.45) is 5.92 Å². The van der Waals surface area contributed by atoms with E-state index in [-0.39, 0.29) is 28.3 Å². The molecule has 0 saturated heterocycles. The van der Waals surface area contributed by atoms with Crippen LogP contribution in [-0.4, -0.2) is 19.5 Å². The molecule has 0 spiro atoms. The predicted molar refractivity (Wildman–Crippen MR) is 133 cm³/mol. The van der Waals surface area contributed by atoms with E-state index in [4.69, 9.17) is 11.6 Å². The molecule has 1 aliphatic heterocycles. The van der Waals surface area contributed by atoms with Crippen LogP contribution in [0.1, 0.15) is 45.4 Å². The molecule has 3 aromatic rings. The lowest BCUT2D eigenvalue weighted by molar-refractivity contribution is 0.0697. The van der Waals surface area contributed by atoms with Crippen molar-refractivity contribution in [2.45, 2.75) is 30.2 Å². The highest BCUT2D eigenvalue weighted by molar-refractivity contribution is 7.92. The van der Waals surface area contributed by atoms with Gasteiger partial charge in [0.25, 0.3) is 10.0 Å². The molecule has 1 aliphatic carbocycles. The smallest absolute Gasteiger partial charge is 0.335 e. The van der Waals surface area contributed by atoms with E-state index in [0.29, 0.717) is 10.7 Å². The molecule has 0 aromatic heterocycles. The molecule has 3 N–H and O–H groups in total. The van der Waals surface area contributed by atoms with E-state index in [2.05, 4.69) is 22.2 Å². The summed E-state index contributed by atoms with van der Waals surface area (Å²) in [6.07, 6.45) is 5.10. The summed E-state index contributed by atoms with van der Waals surface area (Å²) in [5.41, 5.74) is 4.34. The molecule has 0 bridgehead atoms. The van der Waals surface area contributed by atoms with Crippen molar-refractivity contribution < 1.29 is 18.3 Å². The number of aromatic carboxylic acids is 1. The maximum atomic E-state index is 13.1. The number of anilines is 2. The van der Waals surface area contributed by atoms with Gasteiger partial charge in [-0.15, -0.1) is 0 Å². The topological polar surface area (TPSA) is 95.5 Å². The van der Waals surface area contributed by atoms with Crippen LogP contribution in [0.4, 0.5) is 11.4 Å². The Kier molecular flexibility index (Phi) is 5.62. The van der Waals surface area contributed by atoms with Crippen LogP contribution in [-0.2, 0) is 10.0 Å². The lowest BCUT2D eigenvalue weighted by atomic mass is 9.77. The van der Waals surface area contributed by atoms with Gasteiger partial charge in [0.15, 0.2) is 0 Å². The molecular weight excluding hydrogens is 472 g/mol. The Morgan fingerprint density at radius 1 is 1.09 bits per heavy atom. The number of fused-ring (bicyclic) bond motifs is 3. The van der Waals surface area contributed by atoms with Crippen LogP contribution in [0.15, 0.2) is 77.7 Å². The van der Waals surface area contributed by atoms with Gasteiger partial charge in [-0.1, -0.05) is 42.0 Å². The van der Waals surface area contributed by atoms with Gasteiger partial charge >= 0.3 is 5.97 Å². The van der Waals surface area contributed by atoms with Crippen LogP contribution in [0.2, 0.25) is 5.02 Å². The molecule has 0 saturated carbocycles. The number of carbonyl (C=O) groups is 1. The highest BCUT2D eigenvalue weighted by Gasteiger charge is 2.38. The van der Waals surface area contributed by atoms with Gasteiger partial charge in [0.1, 0.15) is 0 Å². The Morgan fingerprint density at radius 3 is 2.56 bits per heavy atom. The molecule has 3 atom stereocenters. The van der Waals surface area contributed by atoms with E-state index in [0.717, 1.165) is 28.8 Å². The van der Waals surface area contributed by atoms with Gasteiger partial charge in [0, 0.05) is 16.6 Å². The number of aryl methyl sites for hydroxylation is 1. The van der Waals surface area contributed by atoms with Crippen molar-refractivity contribution in [1.29, 1.82) is 0 Å². The van der Waals surface area contributed by atoms with E-state index in [1.807, 2.05) is 19.1 Å². The molecule has 0 amide bonds. The molecular formula is C26H23ClN2O4S. The SMILES string of the molecule is Cc1ccc(NS(=O)(=O)c2ccc3c(c2)C2C=CCC2C(c2ccc(C(=O)O)cc2)N3)cc1Cl. The third-order valence-corrected chi connectivity index (χ3v) is 8.37. The Bertz CT molecular complexity index is 1420. The average Bonchev–Trinajstić information content (AvgIpc) is 3.31. The van der Waals surface area contributed by atoms with Crippen LogP contribution in [0.25, 0.3) is 0 Å². The van der Waals surface area contributed by atoms with Crippen LogP contribution in [0.5, 0.6) is 0 Å². The number of hydrogen-bond acceptors (Lipinski definition) is 4. The number of carboxylic acid groups (broad SMARTS) is 1.